The van der Waals surface area contributed by atoms with Crippen LogP contribution < -0.4 is 5.73 Å². The Kier molecular flexibility index (Phi) is 6.97. The van der Waals surface area contributed by atoms with E-state index in [1.807, 2.05) is 43.5 Å². The quantitative estimate of drug-likeness (QED) is 0.223. The van der Waals surface area contributed by atoms with Gasteiger partial charge in [0, 0.05) is 46.9 Å². The van der Waals surface area contributed by atoms with Crippen LogP contribution in [0.3, 0.4) is 0 Å². The Morgan fingerprint density at radius 2 is 1.73 bits per heavy atom. The second-order valence-electron chi connectivity index (χ2n) is 11.8. The fraction of sp³-hybridized carbons (Fsp3) is 0.353. The van der Waals surface area contributed by atoms with Gasteiger partial charge in [-0.15, -0.1) is 0 Å². The van der Waals surface area contributed by atoms with E-state index in [0.717, 1.165) is 40.8 Å². The van der Waals surface area contributed by atoms with Crippen LogP contribution in [-0.4, -0.2) is 43.7 Å². The fourth-order valence-corrected chi connectivity index (χ4v) is 6.68. The number of fused-ring (bicyclic) bond motifs is 1. The van der Waals surface area contributed by atoms with Gasteiger partial charge in [-0.25, -0.2) is 4.98 Å². The molecular weight excluding hydrogens is 492 g/mol. The summed E-state index contributed by atoms with van der Waals surface area (Å²) < 4.78 is 0. The number of hydrogen-bond acceptors (Lipinski definition) is 6. The van der Waals surface area contributed by atoms with Gasteiger partial charge in [0.1, 0.15) is 5.82 Å². The van der Waals surface area contributed by atoms with E-state index in [9.17, 15) is 0 Å². The van der Waals surface area contributed by atoms with Crippen LogP contribution in [-0.2, 0) is 12.8 Å². The maximum absolute atomic E-state index is 8.91. The van der Waals surface area contributed by atoms with E-state index in [0.29, 0.717) is 23.1 Å². The monoisotopic (exact) mass is 530 g/mol. The van der Waals surface area contributed by atoms with E-state index in [1.54, 1.807) is 12.4 Å². The first-order valence-corrected chi connectivity index (χ1v) is 14.4. The summed E-state index contributed by atoms with van der Waals surface area (Å²) in [5.74, 6) is 0.338. The fourth-order valence-electron chi connectivity index (χ4n) is 6.68. The summed E-state index contributed by atoms with van der Waals surface area (Å²) in [4.78, 5) is 16.3. The van der Waals surface area contributed by atoms with Crippen LogP contribution in [0.1, 0.15) is 67.5 Å². The van der Waals surface area contributed by atoms with Crippen LogP contribution in [0.15, 0.2) is 67.1 Å². The number of benzene rings is 1. The molecular formula is C34H38N6. The zero-order chi connectivity index (χ0) is 27.9. The minimum atomic E-state index is 0.262. The van der Waals surface area contributed by atoms with Crippen LogP contribution in [0.2, 0.25) is 0 Å². The number of aryl methyl sites for hydroxylation is 3. The number of hydrogen-bond donors (Lipinski definition) is 2. The molecule has 6 rings (SSSR count). The number of anilines is 1. The number of nitrogens with one attached hydrogen (secondary N) is 1. The number of likely N-dealkylation sites (tertiary alicyclic amines) is 1. The highest BCUT2D eigenvalue weighted by Crippen LogP contribution is 2.38. The average Bonchev–Trinajstić information content (AvgIpc) is 3.34. The van der Waals surface area contributed by atoms with E-state index in [4.69, 9.17) is 11.1 Å². The summed E-state index contributed by atoms with van der Waals surface area (Å²) in [6.07, 6.45) is 12.6. The standard InChI is InChI=1S/C34H38N6/c1-22-6-4-16-37-32(22)27-10-11-30(38-20-27)31(35)29-19-28(21-39-33(29)36)25-9-8-24-12-14-34(3,15-13-26(24)18-25)40-17-5-7-23(40)2/h4,6,8-11,16,18-21,23,35H,5,7,12-15,17H2,1-3H3,(H2,36,39)/t23-,34+/m1/s1. The summed E-state index contributed by atoms with van der Waals surface area (Å²) in [5.41, 5.74) is 15.9. The molecule has 6 nitrogen and oxygen atoms in total. The third-order valence-corrected chi connectivity index (χ3v) is 9.14. The largest absolute Gasteiger partial charge is 0.383 e. The van der Waals surface area contributed by atoms with Crippen molar-refractivity contribution in [3.8, 4) is 22.4 Å². The molecule has 204 valence electrons. The van der Waals surface area contributed by atoms with Gasteiger partial charge in [0.25, 0.3) is 0 Å². The van der Waals surface area contributed by atoms with Gasteiger partial charge in [-0.05, 0) is 112 Å². The number of rotatable bonds is 5. The Bertz CT molecular complexity index is 1560. The topological polar surface area (TPSA) is 91.8 Å². The van der Waals surface area contributed by atoms with Crippen molar-refractivity contribution < 1.29 is 0 Å². The summed E-state index contributed by atoms with van der Waals surface area (Å²) >= 11 is 0. The Balaban J connectivity index is 1.24. The number of nitrogen functional groups attached to an aromatic ring is 1. The van der Waals surface area contributed by atoms with Gasteiger partial charge in [-0.2, -0.15) is 0 Å². The maximum Gasteiger partial charge on any atom is 0.132 e. The second kappa shape index (κ2) is 10.6. The Morgan fingerprint density at radius 1 is 0.950 bits per heavy atom. The van der Waals surface area contributed by atoms with E-state index in [-0.39, 0.29) is 11.3 Å². The number of aromatic nitrogens is 3. The van der Waals surface area contributed by atoms with Gasteiger partial charge in [0.2, 0.25) is 0 Å². The van der Waals surface area contributed by atoms with Crippen molar-refractivity contribution in [3.05, 3.63) is 95.1 Å². The van der Waals surface area contributed by atoms with Gasteiger partial charge in [0.05, 0.1) is 17.1 Å². The van der Waals surface area contributed by atoms with Crippen molar-refractivity contribution in [2.45, 2.75) is 70.9 Å². The molecule has 4 aromatic rings. The van der Waals surface area contributed by atoms with Gasteiger partial charge >= 0.3 is 0 Å². The minimum Gasteiger partial charge on any atom is -0.383 e. The van der Waals surface area contributed by atoms with Crippen molar-refractivity contribution in [2.24, 2.45) is 0 Å². The number of pyridine rings is 3. The Morgan fingerprint density at radius 3 is 2.45 bits per heavy atom. The Labute approximate surface area is 237 Å². The predicted octanol–water partition coefficient (Wildman–Crippen LogP) is 6.63. The van der Waals surface area contributed by atoms with Crippen LogP contribution in [0.5, 0.6) is 0 Å². The SMILES string of the molecule is Cc1cccnc1-c1ccc(C(=N)c2cc(-c3ccc4c(c3)CC[C@@](C)(N3CCC[C@H]3C)CC4)cnc2N)nc1. The molecule has 1 aromatic carbocycles. The summed E-state index contributed by atoms with van der Waals surface area (Å²) in [6, 6.07) is 17.3. The van der Waals surface area contributed by atoms with Crippen molar-refractivity contribution in [3.63, 3.8) is 0 Å². The van der Waals surface area contributed by atoms with Gasteiger partial charge in [0.15, 0.2) is 0 Å². The number of nitrogens with zero attached hydrogens (tertiary/aromatic N) is 4. The van der Waals surface area contributed by atoms with E-state index in [2.05, 4.69) is 51.9 Å². The molecule has 2 atom stereocenters. The van der Waals surface area contributed by atoms with Crippen molar-refractivity contribution in [1.29, 1.82) is 5.41 Å². The molecule has 1 aliphatic carbocycles. The molecule has 1 aliphatic heterocycles. The average molecular weight is 531 g/mol. The molecule has 0 spiro atoms. The summed E-state index contributed by atoms with van der Waals surface area (Å²) in [7, 11) is 0. The lowest BCUT2D eigenvalue weighted by Gasteiger charge is -2.41. The third kappa shape index (κ3) is 4.92. The molecule has 0 radical (unpaired) electrons. The molecule has 3 aromatic heterocycles. The second-order valence-corrected chi connectivity index (χ2v) is 11.8. The summed E-state index contributed by atoms with van der Waals surface area (Å²) in [6.45, 7) is 8.13. The van der Waals surface area contributed by atoms with Crippen molar-refractivity contribution in [2.75, 3.05) is 12.3 Å². The molecule has 0 bridgehead atoms. The van der Waals surface area contributed by atoms with Crippen molar-refractivity contribution in [1.82, 2.24) is 19.9 Å². The summed E-state index contributed by atoms with van der Waals surface area (Å²) in [5, 5.41) is 8.91. The zero-order valence-electron chi connectivity index (χ0n) is 23.7. The zero-order valence-corrected chi connectivity index (χ0v) is 23.7. The van der Waals surface area contributed by atoms with Gasteiger partial charge < -0.3 is 5.73 Å². The minimum absolute atomic E-state index is 0.262. The first-order chi connectivity index (χ1) is 19.3. The molecule has 2 aliphatic rings. The highest BCUT2D eigenvalue weighted by atomic mass is 15.2. The van der Waals surface area contributed by atoms with Crippen molar-refractivity contribution >= 4 is 11.5 Å². The van der Waals surface area contributed by atoms with E-state index < -0.39 is 0 Å². The highest BCUT2D eigenvalue weighted by molar-refractivity contribution is 6.12. The third-order valence-electron chi connectivity index (χ3n) is 9.14. The van der Waals surface area contributed by atoms with Gasteiger partial charge in [-0.3, -0.25) is 20.3 Å². The van der Waals surface area contributed by atoms with Crippen LogP contribution >= 0.6 is 0 Å². The molecule has 0 saturated carbocycles. The molecule has 0 unspecified atom stereocenters. The molecule has 40 heavy (non-hydrogen) atoms. The maximum atomic E-state index is 8.91. The predicted molar refractivity (Wildman–Crippen MR) is 163 cm³/mol. The lowest BCUT2D eigenvalue weighted by Crippen LogP contribution is -2.48. The first-order valence-electron chi connectivity index (χ1n) is 14.4. The molecule has 6 heteroatoms. The van der Waals surface area contributed by atoms with Crippen LogP contribution in [0.25, 0.3) is 22.4 Å². The first kappa shape index (κ1) is 26.3. The molecule has 1 saturated heterocycles. The molecule has 1 fully saturated rings. The lowest BCUT2D eigenvalue weighted by atomic mass is 9.89. The van der Waals surface area contributed by atoms with E-state index >= 15 is 0 Å². The van der Waals surface area contributed by atoms with Crippen LogP contribution in [0.4, 0.5) is 5.82 Å². The Hall–Kier alpha value is -3.90. The van der Waals surface area contributed by atoms with E-state index in [1.165, 1.54) is 43.4 Å². The van der Waals surface area contributed by atoms with Gasteiger partial charge in [-0.1, -0.05) is 24.3 Å². The molecule has 0 amide bonds. The van der Waals surface area contributed by atoms with Crippen LogP contribution in [0, 0.1) is 12.3 Å². The smallest absolute Gasteiger partial charge is 0.132 e. The molecule has 3 N–H and O–H groups in total. The highest BCUT2D eigenvalue weighted by Gasteiger charge is 2.38. The normalized spacial score (nSPS) is 21.1. The number of nitrogens with two attached hydrogens (primary N) is 1. The lowest BCUT2D eigenvalue weighted by molar-refractivity contribution is 0.0821. The molecule has 4 heterocycles.